The van der Waals surface area contributed by atoms with Crippen molar-refractivity contribution >= 4 is 12.0 Å². The van der Waals surface area contributed by atoms with Gasteiger partial charge >= 0.3 is 5.97 Å². The van der Waals surface area contributed by atoms with Crippen molar-refractivity contribution in [2.45, 2.75) is 19.8 Å². The van der Waals surface area contributed by atoms with E-state index >= 15 is 0 Å². The molecule has 3 rings (SSSR count). The van der Waals surface area contributed by atoms with E-state index in [4.69, 9.17) is 13.9 Å². The average Bonchev–Trinajstić information content (AvgIpc) is 3.11. The molecule has 0 bridgehead atoms. The molecule has 2 heterocycles. The van der Waals surface area contributed by atoms with Crippen LogP contribution >= 0.6 is 0 Å². The molecule has 0 amide bonds. The van der Waals surface area contributed by atoms with Crippen molar-refractivity contribution in [1.82, 2.24) is 4.98 Å². The first-order valence-corrected chi connectivity index (χ1v) is 8.41. The van der Waals surface area contributed by atoms with Gasteiger partial charge in [-0.2, -0.15) is 4.98 Å². The topological polar surface area (TPSA) is 64.8 Å². The largest absolute Gasteiger partial charge is 0.493 e. The Kier molecular flexibility index (Phi) is 5.53. The number of esters is 1. The molecule has 0 saturated carbocycles. The minimum Gasteiger partial charge on any atom is -0.493 e. The molecule has 2 aromatic rings. The molecular weight excluding hydrogens is 327 g/mol. The predicted molar refractivity (Wildman–Crippen MR) is 89.3 cm³/mol. The maximum Gasteiger partial charge on any atom is 0.360 e. The molecule has 1 fully saturated rings. The van der Waals surface area contributed by atoms with Crippen LogP contribution in [0.2, 0.25) is 0 Å². The van der Waals surface area contributed by atoms with E-state index in [2.05, 4.69) is 4.98 Å². The number of halogens is 1. The molecule has 0 unspecified atom stereocenters. The summed E-state index contributed by atoms with van der Waals surface area (Å²) in [5.41, 5.74) is 0.176. The molecule has 1 atom stereocenters. The van der Waals surface area contributed by atoms with Gasteiger partial charge in [0.25, 0.3) is 6.01 Å². The van der Waals surface area contributed by atoms with Gasteiger partial charge in [-0.25, -0.2) is 9.18 Å². The Balaban J connectivity index is 1.56. The van der Waals surface area contributed by atoms with E-state index in [0.717, 1.165) is 19.4 Å². The van der Waals surface area contributed by atoms with Gasteiger partial charge in [-0.1, -0.05) is 6.07 Å². The van der Waals surface area contributed by atoms with Crippen LogP contribution in [0.25, 0.3) is 0 Å². The molecule has 0 radical (unpaired) electrons. The van der Waals surface area contributed by atoms with Crippen LogP contribution in [0.4, 0.5) is 10.4 Å². The molecule has 6 nitrogen and oxygen atoms in total. The zero-order valence-electron chi connectivity index (χ0n) is 14.1. The Morgan fingerprint density at radius 1 is 1.48 bits per heavy atom. The smallest absolute Gasteiger partial charge is 0.360 e. The van der Waals surface area contributed by atoms with Crippen LogP contribution < -0.4 is 9.64 Å². The minimum atomic E-state index is -0.486. The van der Waals surface area contributed by atoms with Crippen molar-refractivity contribution in [3.8, 4) is 5.75 Å². The lowest BCUT2D eigenvalue weighted by Gasteiger charge is -2.31. The van der Waals surface area contributed by atoms with E-state index in [1.165, 1.54) is 18.4 Å². The Morgan fingerprint density at radius 3 is 3.16 bits per heavy atom. The van der Waals surface area contributed by atoms with E-state index in [1.807, 2.05) is 4.90 Å². The minimum absolute atomic E-state index is 0.176. The van der Waals surface area contributed by atoms with E-state index < -0.39 is 5.97 Å². The maximum absolute atomic E-state index is 13.2. The highest BCUT2D eigenvalue weighted by molar-refractivity contribution is 5.87. The third kappa shape index (κ3) is 4.49. The molecule has 1 aliphatic rings. The Morgan fingerprint density at radius 2 is 2.36 bits per heavy atom. The quantitative estimate of drug-likeness (QED) is 0.747. The molecule has 25 heavy (non-hydrogen) atoms. The molecule has 1 aromatic carbocycles. The third-order valence-corrected chi connectivity index (χ3v) is 4.05. The van der Waals surface area contributed by atoms with Gasteiger partial charge in [-0.05, 0) is 31.9 Å². The lowest BCUT2D eigenvalue weighted by atomic mass is 9.99. The Bertz CT molecular complexity index is 719. The van der Waals surface area contributed by atoms with Crippen molar-refractivity contribution in [1.29, 1.82) is 0 Å². The second-order valence-corrected chi connectivity index (χ2v) is 5.96. The van der Waals surface area contributed by atoms with Crippen molar-refractivity contribution in [3.05, 3.63) is 42.0 Å². The predicted octanol–water partition coefficient (Wildman–Crippen LogP) is 3.29. The number of aromatic nitrogens is 1. The number of ether oxygens (including phenoxy) is 2. The number of oxazole rings is 1. The van der Waals surface area contributed by atoms with Gasteiger partial charge in [0.1, 0.15) is 17.8 Å². The van der Waals surface area contributed by atoms with E-state index in [0.29, 0.717) is 31.5 Å². The second-order valence-electron chi connectivity index (χ2n) is 5.96. The summed E-state index contributed by atoms with van der Waals surface area (Å²) in [6.45, 7) is 4.04. The van der Waals surface area contributed by atoms with Gasteiger partial charge in [0.15, 0.2) is 5.69 Å². The van der Waals surface area contributed by atoms with E-state index in [9.17, 15) is 9.18 Å². The molecule has 1 aromatic heterocycles. The third-order valence-electron chi connectivity index (χ3n) is 4.05. The monoisotopic (exact) mass is 348 g/mol. The van der Waals surface area contributed by atoms with Crippen LogP contribution in [-0.4, -0.2) is 37.3 Å². The summed E-state index contributed by atoms with van der Waals surface area (Å²) in [5, 5.41) is 0. The van der Waals surface area contributed by atoms with Crippen LogP contribution in [0.3, 0.4) is 0 Å². The fourth-order valence-electron chi connectivity index (χ4n) is 2.85. The zero-order chi connectivity index (χ0) is 17.6. The van der Waals surface area contributed by atoms with Crippen LogP contribution in [0.1, 0.15) is 30.3 Å². The van der Waals surface area contributed by atoms with Gasteiger partial charge in [0.2, 0.25) is 0 Å². The molecule has 134 valence electrons. The Labute approximate surface area is 145 Å². The maximum atomic E-state index is 13.2. The summed E-state index contributed by atoms with van der Waals surface area (Å²) in [7, 11) is 0. The van der Waals surface area contributed by atoms with Crippen LogP contribution in [-0.2, 0) is 4.74 Å². The van der Waals surface area contributed by atoms with Crippen molar-refractivity contribution in [3.63, 3.8) is 0 Å². The van der Waals surface area contributed by atoms with Gasteiger partial charge in [0, 0.05) is 25.1 Å². The summed E-state index contributed by atoms with van der Waals surface area (Å²) in [6, 6.07) is 6.54. The number of carbonyl (C=O) groups excluding carboxylic acids is 1. The first kappa shape index (κ1) is 17.3. The molecule has 1 aliphatic heterocycles. The number of rotatable bonds is 6. The van der Waals surface area contributed by atoms with Gasteiger partial charge in [0.05, 0.1) is 13.2 Å². The fourth-order valence-corrected chi connectivity index (χ4v) is 2.85. The highest BCUT2D eigenvalue weighted by atomic mass is 19.1. The van der Waals surface area contributed by atoms with Crippen LogP contribution in [0.15, 0.2) is 34.9 Å². The molecule has 0 N–H and O–H groups in total. The normalized spacial score (nSPS) is 17.4. The first-order chi connectivity index (χ1) is 12.2. The van der Waals surface area contributed by atoms with Gasteiger partial charge < -0.3 is 18.8 Å². The van der Waals surface area contributed by atoms with Gasteiger partial charge in [-0.3, -0.25) is 0 Å². The molecule has 0 spiro atoms. The van der Waals surface area contributed by atoms with Gasteiger partial charge in [-0.15, -0.1) is 0 Å². The van der Waals surface area contributed by atoms with Crippen molar-refractivity contribution in [2.24, 2.45) is 5.92 Å². The summed E-state index contributed by atoms with van der Waals surface area (Å²) in [4.78, 5) is 17.9. The Hall–Kier alpha value is -2.57. The molecule has 1 saturated heterocycles. The van der Waals surface area contributed by atoms with Crippen molar-refractivity contribution in [2.75, 3.05) is 31.2 Å². The SMILES string of the molecule is CCOC(=O)c1coc(N2CCC[C@H](COc3cccc(F)c3)C2)n1. The number of piperidine rings is 1. The standard InChI is InChI=1S/C18H21FN2O4/c1-2-23-17(22)16-12-25-18(20-16)21-8-4-5-13(10-21)11-24-15-7-3-6-14(19)9-15/h3,6-7,9,12-13H,2,4-5,8,10-11H2,1H3/t13-/m0/s1. The number of carbonyl (C=O) groups is 1. The number of nitrogens with zero attached hydrogens (tertiary/aromatic N) is 2. The number of benzene rings is 1. The summed E-state index contributed by atoms with van der Waals surface area (Å²) < 4.78 is 29.2. The highest BCUT2D eigenvalue weighted by Gasteiger charge is 2.25. The van der Waals surface area contributed by atoms with E-state index in [1.54, 1.807) is 19.1 Å². The van der Waals surface area contributed by atoms with Crippen LogP contribution in [0, 0.1) is 11.7 Å². The first-order valence-electron chi connectivity index (χ1n) is 8.41. The van der Waals surface area contributed by atoms with E-state index in [-0.39, 0.29) is 17.4 Å². The summed E-state index contributed by atoms with van der Waals surface area (Å²) in [6.07, 6.45) is 3.30. The number of hydrogen-bond acceptors (Lipinski definition) is 6. The lowest BCUT2D eigenvalue weighted by Crippen LogP contribution is -2.38. The highest BCUT2D eigenvalue weighted by Crippen LogP contribution is 2.24. The summed E-state index contributed by atoms with van der Waals surface area (Å²) in [5.74, 6) is 0.00218. The zero-order valence-corrected chi connectivity index (χ0v) is 14.1. The average molecular weight is 348 g/mol. The second kappa shape index (κ2) is 8.00. The fraction of sp³-hybridized carbons (Fsp3) is 0.444. The molecule has 7 heteroatoms. The molecule has 0 aliphatic carbocycles. The lowest BCUT2D eigenvalue weighted by molar-refractivity contribution is 0.0519. The number of hydrogen-bond donors (Lipinski definition) is 0. The number of anilines is 1. The van der Waals surface area contributed by atoms with Crippen molar-refractivity contribution < 1.29 is 23.1 Å². The summed E-state index contributed by atoms with van der Waals surface area (Å²) >= 11 is 0. The molecular formula is C18H21FN2O4. The van der Waals surface area contributed by atoms with Crippen LogP contribution in [0.5, 0.6) is 5.75 Å².